The molecular weight excluding hydrogens is 120 g/mol. The Balaban J connectivity index is 2.61. The van der Waals surface area contributed by atoms with E-state index in [0.717, 1.165) is 0 Å². The van der Waals surface area contributed by atoms with Gasteiger partial charge in [0, 0.05) is 13.0 Å². The van der Waals surface area contributed by atoms with Gasteiger partial charge in [-0.3, -0.25) is 0 Å². The third kappa shape index (κ3) is 1.39. The molecule has 5 nitrogen and oxygen atoms in total. The third-order valence-electron chi connectivity index (χ3n) is 0.841. The van der Waals surface area contributed by atoms with Gasteiger partial charge >= 0.3 is 6.01 Å². The summed E-state index contributed by atoms with van der Waals surface area (Å²) in [6, 6.07) is 0.0958. The molecule has 0 amide bonds. The van der Waals surface area contributed by atoms with Crippen LogP contribution >= 0.6 is 0 Å². The first-order valence-electron chi connectivity index (χ1n) is 2.61. The molecule has 0 saturated heterocycles. The second kappa shape index (κ2) is 2.45. The molecule has 50 valence electrons. The average Bonchev–Trinajstić information content (AvgIpc) is 2.17. The van der Waals surface area contributed by atoms with E-state index in [4.69, 9.17) is 15.9 Å². The summed E-state index contributed by atoms with van der Waals surface area (Å²) in [6.07, 6.45) is 0.588. The zero-order valence-electron chi connectivity index (χ0n) is 4.87. The molecule has 0 spiro atoms. The highest BCUT2D eigenvalue weighted by molar-refractivity contribution is 5.04. The first kappa shape index (κ1) is 6.03. The lowest BCUT2D eigenvalue weighted by Gasteiger charge is -1.83. The fourth-order valence-electron chi connectivity index (χ4n) is 0.491. The minimum Gasteiger partial charge on any atom is -0.408 e. The first-order valence-corrected chi connectivity index (χ1v) is 2.61. The molecule has 0 saturated carbocycles. The summed E-state index contributed by atoms with van der Waals surface area (Å²) < 4.78 is 4.80. The Kier molecular flexibility index (Phi) is 1.64. The molecule has 5 heteroatoms. The van der Waals surface area contributed by atoms with Crippen LogP contribution in [-0.2, 0) is 6.42 Å². The van der Waals surface area contributed by atoms with Crippen LogP contribution in [0.3, 0.4) is 0 Å². The van der Waals surface area contributed by atoms with Crippen molar-refractivity contribution in [3.05, 3.63) is 5.89 Å². The lowest BCUT2D eigenvalue weighted by atomic mass is 10.4. The molecule has 0 aromatic carbocycles. The number of nitrogens with zero attached hydrogens (tertiary/aromatic N) is 2. The second-order valence-electron chi connectivity index (χ2n) is 1.57. The molecule has 0 radical (unpaired) electrons. The molecule has 0 aliphatic carbocycles. The van der Waals surface area contributed by atoms with Gasteiger partial charge in [-0.2, -0.15) is 0 Å². The van der Waals surface area contributed by atoms with E-state index in [-0.39, 0.29) is 6.01 Å². The van der Waals surface area contributed by atoms with Gasteiger partial charge in [0.15, 0.2) is 0 Å². The molecule has 0 aliphatic rings. The summed E-state index contributed by atoms with van der Waals surface area (Å²) in [5.74, 6) is 0.495. The van der Waals surface area contributed by atoms with E-state index in [1.165, 1.54) is 0 Å². The van der Waals surface area contributed by atoms with Crippen molar-refractivity contribution in [1.29, 1.82) is 0 Å². The van der Waals surface area contributed by atoms with Crippen molar-refractivity contribution in [3.63, 3.8) is 0 Å². The minimum absolute atomic E-state index is 0.0958. The Morgan fingerprint density at radius 3 is 2.67 bits per heavy atom. The van der Waals surface area contributed by atoms with Gasteiger partial charge in [0.1, 0.15) is 0 Å². The quantitative estimate of drug-likeness (QED) is 0.541. The Bertz CT molecular complexity index is 184. The lowest BCUT2D eigenvalue weighted by Crippen LogP contribution is -2.02. The summed E-state index contributed by atoms with van der Waals surface area (Å²) in [5, 5.41) is 7.02. The summed E-state index contributed by atoms with van der Waals surface area (Å²) in [7, 11) is 0. The molecule has 0 aliphatic heterocycles. The van der Waals surface area contributed by atoms with Crippen LogP contribution in [0.1, 0.15) is 5.89 Å². The summed E-state index contributed by atoms with van der Waals surface area (Å²) >= 11 is 0. The summed E-state index contributed by atoms with van der Waals surface area (Å²) in [6.45, 7) is 0.502. The van der Waals surface area contributed by atoms with E-state index in [1.54, 1.807) is 0 Å². The molecule has 0 bridgehead atoms. The van der Waals surface area contributed by atoms with E-state index in [2.05, 4.69) is 10.2 Å². The van der Waals surface area contributed by atoms with E-state index in [9.17, 15) is 0 Å². The predicted octanol–water partition coefficient (Wildman–Crippen LogP) is -0.847. The van der Waals surface area contributed by atoms with Crippen LogP contribution < -0.4 is 11.5 Å². The SMILES string of the molecule is NCCc1nnc(N)o1. The van der Waals surface area contributed by atoms with Crippen LogP contribution in [0.25, 0.3) is 0 Å². The molecule has 4 N–H and O–H groups in total. The molecule has 0 atom stereocenters. The van der Waals surface area contributed by atoms with Crippen LogP contribution in [0.4, 0.5) is 6.01 Å². The van der Waals surface area contributed by atoms with Gasteiger partial charge in [-0.05, 0) is 0 Å². The average molecular weight is 128 g/mol. The Hall–Kier alpha value is -1.10. The molecule has 1 heterocycles. The zero-order chi connectivity index (χ0) is 6.69. The Labute approximate surface area is 52.0 Å². The van der Waals surface area contributed by atoms with Crippen molar-refractivity contribution >= 4 is 6.01 Å². The molecule has 1 aromatic rings. The van der Waals surface area contributed by atoms with Crippen molar-refractivity contribution in [3.8, 4) is 0 Å². The number of rotatable bonds is 2. The molecular formula is C4H8N4O. The molecule has 0 unspecified atom stereocenters. The standard InChI is InChI=1S/C4H8N4O/c5-2-1-3-7-8-4(6)9-3/h1-2,5H2,(H2,6,8). The van der Waals surface area contributed by atoms with Crippen LogP contribution in [0.5, 0.6) is 0 Å². The maximum Gasteiger partial charge on any atom is 0.312 e. The second-order valence-corrected chi connectivity index (χ2v) is 1.57. The number of aromatic nitrogens is 2. The topological polar surface area (TPSA) is 91.0 Å². The largest absolute Gasteiger partial charge is 0.408 e. The van der Waals surface area contributed by atoms with Crippen molar-refractivity contribution in [2.24, 2.45) is 5.73 Å². The normalized spacial score (nSPS) is 9.89. The van der Waals surface area contributed by atoms with Gasteiger partial charge in [0.25, 0.3) is 0 Å². The molecule has 1 rings (SSSR count). The lowest BCUT2D eigenvalue weighted by molar-refractivity contribution is 0.511. The van der Waals surface area contributed by atoms with E-state index >= 15 is 0 Å². The zero-order valence-corrected chi connectivity index (χ0v) is 4.87. The van der Waals surface area contributed by atoms with Gasteiger partial charge in [-0.15, -0.1) is 5.10 Å². The van der Waals surface area contributed by atoms with E-state index < -0.39 is 0 Å². The van der Waals surface area contributed by atoms with Gasteiger partial charge in [-0.25, -0.2) is 0 Å². The maximum absolute atomic E-state index is 5.20. The van der Waals surface area contributed by atoms with Gasteiger partial charge < -0.3 is 15.9 Å². The molecule has 9 heavy (non-hydrogen) atoms. The first-order chi connectivity index (χ1) is 4.33. The Morgan fingerprint density at radius 2 is 2.22 bits per heavy atom. The van der Waals surface area contributed by atoms with Crippen LogP contribution in [0, 0.1) is 0 Å². The maximum atomic E-state index is 5.20. The van der Waals surface area contributed by atoms with Crippen molar-refractivity contribution < 1.29 is 4.42 Å². The summed E-state index contributed by atoms with van der Waals surface area (Å²) in [4.78, 5) is 0. The van der Waals surface area contributed by atoms with Gasteiger partial charge in [0.05, 0.1) is 0 Å². The van der Waals surface area contributed by atoms with Crippen LogP contribution in [0.2, 0.25) is 0 Å². The number of nitrogen functional groups attached to an aromatic ring is 1. The van der Waals surface area contributed by atoms with Crippen LogP contribution in [-0.4, -0.2) is 16.7 Å². The third-order valence-corrected chi connectivity index (χ3v) is 0.841. The summed E-state index contributed by atoms with van der Waals surface area (Å²) in [5.41, 5.74) is 10.3. The molecule has 0 fully saturated rings. The number of hydrogen-bond donors (Lipinski definition) is 2. The molecule has 1 aromatic heterocycles. The highest BCUT2D eigenvalue weighted by atomic mass is 16.4. The smallest absolute Gasteiger partial charge is 0.312 e. The highest BCUT2D eigenvalue weighted by Gasteiger charge is 1.98. The van der Waals surface area contributed by atoms with Crippen molar-refractivity contribution in [2.75, 3.05) is 12.3 Å². The fourth-order valence-corrected chi connectivity index (χ4v) is 0.491. The predicted molar refractivity (Wildman–Crippen MR) is 31.5 cm³/mol. The Morgan fingerprint density at radius 1 is 1.44 bits per heavy atom. The fraction of sp³-hybridized carbons (Fsp3) is 0.500. The number of nitrogens with two attached hydrogens (primary N) is 2. The van der Waals surface area contributed by atoms with E-state index in [1.807, 2.05) is 0 Å². The van der Waals surface area contributed by atoms with Gasteiger partial charge in [-0.1, -0.05) is 5.10 Å². The van der Waals surface area contributed by atoms with Gasteiger partial charge in [0.2, 0.25) is 5.89 Å². The van der Waals surface area contributed by atoms with Crippen molar-refractivity contribution in [1.82, 2.24) is 10.2 Å². The highest BCUT2D eigenvalue weighted by Crippen LogP contribution is 1.98. The monoisotopic (exact) mass is 128 g/mol. The van der Waals surface area contributed by atoms with E-state index in [0.29, 0.717) is 18.9 Å². The number of anilines is 1. The minimum atomic E-state index is 0.0958. The van der Waals surface area contributed by atoms with Crippen LogP contribution in [0.15, 0.2) is 4.42 Å². The number of hydrogen-bond acceptors (Lipinski definition) is 5. The van der Waals surface area contributed by atoms with Crippen molar-refractivity contribution in [2.45, 2.75) is 6.42 Å².